The zero-order chi connectivity index (χ0) is 13.0. The lowest BCUT2D eigenvalue weighted by atomic mass is 10.2. The fourth-order valence-corrected chi connectivity index (χ4v) is 2.07. The van der Waals surface area contributed by atoms with Gasteiger partial charge in [0.15, 0.2) is 0 Å². The molecule has 0 aliphatic carbocycles. The number of nitrogens with zero attached hydrogens (tertiary/aromatic N) is 2. The zero-order valence-electron chi connectivity index (χ0n) is 10.1. The standard InChI is InChI=1S/C13H16N2O3/c16-8-4-2-1-3-7-15-12(17)10-5-6-14-9-11(10)13(15)18/h5-6,9,16H,1-4,7-8H2. The van der Waals surface area contributed by atoms with Crippen molar-refractivity contribution in [2.24, 2.45) is 0 Å². The van der Waals surface area contributed by atoms with Gasteiger partial charge >= 0.3 is 0 Å². The van der Waals surface area contributed by atoms with Crippen LogP contribution in [0.1, 0.15) is 46.4 Å². The van der Waals surface area contributed by atoms with Crippen LogP contribution in [0, 0.1) is 0 Å². The summed E-state index contributed by atoms with van der Waals surface area (Å²) in [6.45, 7) is 0.635. The molecule has 2 amide bonds. The second kappa shape index (κ2) is 5.73. The summed E-state index contributed by atoms with van der Waals surface area (Å²) in [5.41, 5.74) is 0.850. The van der Waals surface area contributed by atoms with Crippen LogP contribution in [0.2, 0.25) is 0 Å². The van der Waals surface area contributed by atoms with Crippen LogP contribution in [-0.2, 0) is 0 Å². The number of pyridine rings is 1. The lowest BCUT2D eigenvalue weighted by Gasteiger charge is -2.13. The predicted molar refractivity (Wildman–Crippen MR) is 65.2 cm³/mol. The van der Waals surface area contributed by atoms with Gasteiger partial charge in [0.05, 0.1) is 11.1 Å². The summed E-state index contributed by atoms with van der Waals surface area (Å²) < 4.78 is 0. The number of aromatic nitrogens is 1. The van der Waals surface area contributed by atoms with Gasteiger partial charge in [-0.2, -0.15) is 0 Å². The van der Waals surface area contributed by atoms with Crippen LogP contribution in [0.5, 0.6) is 0 Å². The van der Waals surface area contributed by atoms with Crippen molar-refractivity contribution in [3.8, 4) is 0 Å². The summed E-state index contributed by atoms with van der Waals surface area (Å²) in [5.74, 6) is -0.468. The maximum atomic E-state index is 12.0. The Bertz CT molecular complexity index is 424. The summed E-state index contributed by atoms with van der Waals surface area (Å²) in [7, 11) is 0. The van der Waals surface area contributed by atoms with E-state index >= 15 is 0 Å². The number of hydrogen-bond donors (Lipinski definition) is 1. The molecule has 0 bridgehead atoms. The number of aliphatic hydroxyl groups excluding tert-OH is 1. The molecule has 5 heteroatoms. The van der Waals surface area contributed by atoms with E-state index in [0.717, 1.165) is 25.7 Å². The van der Waals surface area contributed by atoms with Crippen molar-refractivity contribution in [2.45, 2.75) is 25.7 Å². The highest BCUT2D eigenvalue weighted by Crippen LogP contribution is 2.21. The number of fused-ring (bicyclic) bond motifs is 1. The molecule has 18 heavy (non-hydrogen) atoms. The summed E-state index contributed by atoms with van der Waals surface area (Å²) in [6.07, 6.45) is 6.34. The number of rotatable bonds is 6. The molecule has 1 aromatic rings. The first-order valence-corrected chi connectivity index (χ1v) is 6.16. The topological polar surface area (TPSA) is 70.5 Å². The Morgan fingerprint density at radius 3 is 2.50 bits per heavy atom. The SMILES string of the molecule is O=C1c2ccncc2C(=O)N1CCCCCCO. The largest absolute Gasteiger partial charge is 0.396 e. The monoisotopic (exact) mass is 248 g/mol. The predicted octanol–water partition coefficient (Wildman–Crippen LogP) is 1.23. The van der Waals surface area contributed by atoms with Gasteiger partial charge in [0, 0.05) is 25.5 Å². The molecule has 0 fully saturated rings. The van der Waals surface area contributed by atoms with Crippen LogP contribution in [-0.4, -0.2) is 40.0 Å². The number of carbonyl (C=O) groups is 2. The van der Waals surface area contributed by atoms with E-state index in [9.17, 15) is 9.59 Å². The number of aliphatic hydroxyl groups is 1. The van der Waals surface area contributed by atoms with Crippen molar-refractivity contribution in [3.05, 3.63) is 29.6 Å². The van der Waals surface area contributed by atoms with E-state index in [1.54, 1.807) is 6.07 Å². The minimum Gasteiger partial charge on any atom is -0.396 e. The highest BCUT2D eigenvalue weighted by atomic mass is 16.3. The van der Waals surface area contributed by atoms with E-state index in [-0.39, 0.29) is 18.4 Å². The van der Waals surface area contributed by atoms with Crippen molar-refractivity contribution in [2.75, 3.05) is 13.2 Å². The smallest absolute Gasteiger partial charge is 0.263 e. The molecule has 0 aromatic carbocycles. The quantitative estimate of drug-likeness (QED) is 0.607. The van der Waals surface area contributed by atoms with Crippen LogP contribution in [0.3, 0.4) is 0 Å². The molecular weight excluding hydrogens is 232 g/mol. The molecule has 0 saturated carbocycles. The minimum absolute atomic E-state index is 0.193. The lowest BCUT2D eigenvalue weighted by molar-refractivity contribution is 0.0651. The number of amides is 2. The van der Waals surface area contributed by atoms with E-state index in [1.807, 2.05) is 0 Å². The molecule has 0 spiro atoms. The Hall–Kier alpha value is -1.75. The van der Waals surface area contributed by atoms with E-state index in [0.29, 0.717) is 17.7 Å². The maximum absolute atomic E-state index is 12.0. The van der Waals surface area contributed by atoms with Crippen molar-refractivity contribution < 1.29 is 14.7 Å². The van der Waals surface area contributed by atoms with Crippen molar-refractivity contribution in [3.63, 3.8) is 0 Å². The van der Waals surface area contributed by atoms with Crippen LogP contribution >= 0.6 is 0 Å². The van der Waals surface area contributed by atoms with Crippen molar-refractivity contribution in [1.29, 1.82) is 0 Å². The Morgan fingerprint density at radius 1 is 1.06 bits per heavy atom. The Labute approximate surface area is 105 Å². The molecule has 2 heterocycles. The Balaban J connectivity index is 1.93. The van der Waals surface area contributed by atoms with Gasteiger partial charge in [-0.3, -0.25) is 19.5 Å². The first kappa shape index (κ1) is 12.7. The van der Waals surface area contributed by atoms with Gasteiger partial charge in [-0.15, -0.1) is 0 Å². The molecular formula is C13H16N2O3. The Kier molecular flexibility index (Phi) is 4.04. The third kappa shape index (κ3) is 2.41. The average Bonchev–Trinajstić information content (AvgIpc) is 2.64. The fraction of sp³-hybridized carbons (Fsp3) is 0.462. The minimum atomic E-state index is -0.245. The van der Waals surface area contributed by atoms with Gasteiger partial charge in [-0.1, -0.05) is 12.8 Å². The first-order chi connectivity index (χ1) is 8.75. The van der Waals surface area contributed by atoms with Crippen LogP contribution in [0.4, 0.5) is 0 Å². The van der Waals surface area contributed by atoms with Gasteiger partial charge in [0.1, 0.15) is 0 Å². The molecule has 0 radical (unpaired) electrons. The normalized spacial score (nSPS) is 14.2. The second-order valence-electron chi connectivity index (χ2n) is 4.32. The van der Waals surface area contributed by atoms with Crippen LogP contribution < -0.4 is 0 Å². The molecule has 1 aromatic heterocycles. The average molecular weight is 248 g/mol. The van der Waals surface area contributed by atoms with E-state index in [4.69, 9.17) is 5.11 Å². The van der Waals surface area contributed by atoms with E-state index in [2.05, 4.69) is 4.98 Å². The van der Waals surface area contributed by atoms with E-state index in [1.165, 1.54) is 17.3 Å². The highest BCUT2D eigenvalue weighted by molar-refractivity contribution is 6.21. The molecule has 0 unspecified atom stereocenters. The summed E-state index contributed by atoms with van der Waals surface area (Å²) >= 11 is 0. The summed E-state index contributed by atoms with van der Waals surface area (Å²) in [6, 6.07) is 1.58. The summed E-state index contributed by atoms with van der Waals surface area (Å²) in [4.78, 5) is 29.1. The molecule has 0 saturated heterocycles. The van der Waals surface area contributed by atoms with Crippen molar-refractivity contribution >= 4 is 11.8 Å². The second-order valence-corrected chi connectivity index (χ2v) is 4.32. The molecule has 0 atom stereocenters. The molecule has 1 aliphatic heterocycles. The number of unbranched alkanes of at least 4 members (excludes halogenated alkanes) is 3. The third-order valence-corrected chi connectivity index (χ3v) is 3.06. The van der Waals surface area contributed by atoms with Crippen LogP contribution in [0.15, 0.2) is 18.5 Å². The fourth-order valence-electron chi connectivity index (χ4n) is 2.07. The molecule has 1 N–H and O–H groups in total. The molecule has 5 nitrogen and oxygen atoms in total. The van der Waals surface area contributed by atoms with Gasteiger partial charge < -0.3 is 5.11 Å². The number of imide groups is 1. The first-order valence-electron chi connectivity index (χ1n) is 6.16. The van der Waals surface area contributed by atoms with Crippen LogP contribution in [0.25, 0.3) is 0 Å². The molecule has 96 valence electrons. The van der Waals surface area contributed by atoms with Gasteiger partial charge in [-0.25, -0.2) is 0 Å². The number of carbonyl (C=O) groups excluding carboxylic acids is 2. The molecule has 1 aliphatic rings. The van der Waals surface area contributed by atoms with Crippen molar-refractivity contribution in [1.82, 2.24) is 9.88 Å². The number of hydrogen-bond acceptors (Lipinski definition) is 4. The zero-order valence-corrected chi connectivity index (χ0v) is 10.1. The van der Waals surface area contributed by atoms with Gasteiger partial charge in [0.2, 0.25) is 0 Å². The maximum Gasteiger partial charge on any atom is 0.263 e. The summed E-state index contributed by atoms with van der Waals surface area (Å²) in [5, 5.41) is 8.65. The highest BCUT2D eigenvalue weighted by Gasteiger charge is 2.34. The Morgan fingerprint density at radius 2 is 1.78 bits per heavy atom. The molecule has 2 rings (SSSR count). The third-order valence-electron chi connectivity index (χ3n) is 3.06. The van der Waals surface area contributed by atoms with Gasteiger partial charge in [-0.05, 0) is 18.9 Å². The van der Waals surface area contributed by atoms with Gasteiger partial charge in [0.25, 0.3) is 11.8 Å². The van der Waals surface area contributed by atoms with E-state index < -0.39 is 0 Å². The lowest BCUT2D eigenvalue weighted by Crippen LogP contribution is -2.30.